The molecule has 86 valence electrons. The topological polar surface area (TPSA) is 89.7 Å². The number of rotatable bonds is 5. The molecule has 0 amide bonds. The summed E-state index contributed by atoms with van der Waals surface area (Å²) in [6.45, 7) is -0.0871. The highest BCUT2D eigenvalue weighted by Gasteiger charge is 2.10. The highest BCUT2D eigenvalue weighted by molar-refractivity contribution is 6.32. The minimum atomic E-state index is -1.01. The third-order valence-electron chi connectivity index (χ3n) is 1.70. The molecule has 0 saturated carbocycles. The summed E-state index contributed by atoms with van der Waals surface area (Å²) in [6.07, 6.45) is -0.195. The Bertz CT molecular complexity index is 420. The Hall–Kier alpha value is -1.82. The van der Waals surface area contributed by atoms with Gasteiger partial charge in [0.15, 0.2) is 0 Å². The van der Waals surface area contributed by atoms with E-state index in [-0.39, 0.29) is 29.5 Å². The summed E-state index contributed by atoms with van der Waals surface area (Å²) >= 11 is 5.72. The maximum Gasteiger partial charge on any atom is 0.306 e. The Labute approximate surface area is 95.6 Å². The molecule has 0 saturated heterocycles. The molecule has 0 aliphatic rings. The fraction of sp³-hybridized carbons (Fsp3) is 0.222. The Morgan fingerprint density at radius 2 is 2.25 bits per heavy atom. The second kappa shape index (κ2) is 5.32. The Morgan fingerprint density at radius 3 is 2.81 bits per heavy atom. The SMILES string of the molecule is O=C(O)CCOc1cc([N+](=O)[O-])ccc1Cl. The quantitative estimate of drug-likeness (QED) is 0.634. The number of hydrogen-bond acceptors (Lipinski definition) is 4. The van der Waals surface area contributed by atoms with Crippen LogP contribution in [0, 0.1) is 10.1 Å². The third-order valence-corrected chi connectivity index (χ3v) is 2.01. The summed E-state index contributed by atoms with van der Waals surface area (Å²) in [7, 11) is 0. The average molecular weight is 246 g/mol. The average Bonchev–Trinajstić information content (AvgIpc) is 2.20. The largest absolute Gasteiger partial charge is 0.491 e. The van der Waals surface area contributed by atoms with Gasteiger partial charge in [0, 0.05) is 6.07 Å². The number of carbonyl (C=O) groups is 1. The maximum absolute atomic E-state index is 10.5. The lowest BCUT2D eigenvalue weighted by molar-refractivity contribution is -0.384. The molecule has 0 heterocycles. The highest BCUT2D eigenvalue weighted by atomic mass is 35.5. The van der Waals surface area contributed by atoms with Crippen LogP contribution in [0.4, 0.5) is 5.69 Å². The van der Waals surface area contributed by atoms with Gasteiger partial charge in [0.25, 0.3) is 5.69 Å². The molecule has 0 spiro atoms. The molecule has 1 rings (SSSR count). The number of non-ortho nitro benzene ring substituents is 1. The first-order chi connectivity index (χ1) is 7.50. The zero-order valence-corrected chi connectivity index (χ0v) is 8.81. The van der Waals surface area contributed by atoms with E-state index in [0.717, 1.165) is 6.07 Å². The lowest BCUT2D eigenvalue weighted by atomic mass is 10.3. The number of hydrogen-bond donors (Lipinski definition) is 1. The molecular formula is C9H8ClNO5. The molecule has 0 aliphatic carbocycles. The van der Waals surface area contributed by atoms with Crippen molar-refractivity contribution in [2.24, 2.45) is 0 Å². The number of nitro groups is 1. The van der Waals surface area contributed by atoms with Crippen LogP contribution in [-0.2, 0) is 4.79 Å². The van der Waals surface area contributed by atoms with Gasteiger partial charge >= 0.3 is 5.97 Å². The zero-order chi connectivity index (χ0) is 12.1. The Kier molecular flexibility index (Phi) is 4.07. The molecule has 0 unspecified atom stereocenters. The van der Waals surface area contributed by atoms with Crippen LogP contribution < -0.4 is 4.74 Å². The van der Waals surface area contributed by atoms with Gasteiger partial charge in [0.2, 0.25) is 0 Å². The van der Waals surface area contributed by atoms with Gasteiger partial charge in [-0.1, -0.05) is 11.6 Å². The smallest absolute Gasteiger partial charge is 0.306 e. The van der Waals surface area contributed by atoms with Gasteiger partial charge in [-0.05, 0) is 6.07 Å². The van der Waals surface area contributed by atoms with Crippen molar-refractivity contribution >= 4 is 23.3 Å². The third kappa shape index (κ3) is 3.39. The predicted molar refractivity (Wildman–Crippen MR) is 55.9 cm³/mol. The number of halogens is 1. The summed E-state index contributed by atoms with van der Waals surface area (Å²) in [5.41, 5.74) is -0.158. The summed E-state index contributed by atoms with van der Waals surface area (Å²) < 4.78 is 5.02. The van der Waals surface area contributed by atoms with Crippen molar-refractivity contribution in [2.75, 3.05) is 6.61 Å². The van der Waals surface area contributed by atoms with Crippen LogP contribution in [0.25, 0.3) is 0 Å². The summed E-state index contributed by atoms with van der Waals surface area (Å²) in [5.74, 6) is -0.904. The Balaban J connectivity index is 2.74. The second-order valence-electron chi connectivity index (χ2n) is 2.86. The molecule has 0 aliphatic heterocycles. The fourth-order valence-corrected chi connectivity index (χ4v) is 1.14. The number of carboxylic acids is 1. The summed E-state index contributed by atoms with van der Waals surface area (Å²) in [5, 5.41) is 19.0. The molecule has 1 aromatic carbocycles. The number of carboxylic acid groups (broad SMARTS) is 1. The van der Waals surface area contributed by atoms with Crippen molar-refractivity contribution in [3.8, 4) is 5.75 Å². The van der Waals surface area contributed by atoms with Gasteiger partial charge < -0.3 is 9.84 Å². The number of aliphatic carboxylic acids is 1. The summed E-state index contributed by atoms with van der Waals surface area (Å²) in [4.78, 5) is 20.1. The highest BCUT2D eigenvalue weighted by Crippen LogP contribution is 2.28. The van der Waals surface area contributed by atoms with Crippen LogP contribution in [0.1, 0.15) is 6.42 Å². The van der Waals surface area contributed by atoms with E-state index in [4.69, 9.17) is 21.4 Å². The first kappa shape index (κ1) is 12.3. The van der Waals surface area contributed by atoms with Gasteiger partial charge in [-0.15, -0.1) is 0 Å². The standard InChI is InChI=1S/C9H8ClNO5/c10-7-2-1-6(11(14)15)5-8(7)16-4-3-9(12)13/h1-2,5H,3-4H2,(H,12,13). The minimum Gasteiger partial charge on any atom is -0.491 e. The predicted octanol–water partition coefficient (Wildman–Crippen LogP) is 2.10. The van der Waals surface area contributed by atoms with E-state index >= 15 is 0 Å². The number of nitro benzene ring substituents is 1. The molecule has 0 atom stereocenters. The molecule has 16 heavy (non-hydrogen) atoms. The van der Waals surface area contributed by atoms with Crippen molar-refractivity contribution < 1.29 is 19.6 Å². The van der Waals surface area contributed by atoms with Gasteiger partial charge in [0.1, 0.15) is 5.75 Å². The van der Waals surface area contributed by atoms with Crippen molar-refractivity contribution in [2.45, 2.75) is 6.42 Å². The van der Waals surface area contributed by atoms with Crippen LogP contribution in [0.3, 0.4) is 0 Å². The van der Waals surface area contributed by atoms with E-state index in [9.17, 15) is 14.9 Å². The van der Waals surface area contributed by atoms with Crippen LogP contribution in [-0.4, -0.2) is 22.6 Å². The molecular weight excluding hydrogens is 238 g/mol. The number of nitrogens with zero attached hydrogens (tertiary/aromatic N) is 1. The number of ether oxygens (including phenoxy) is 1. The van der Waals surface area contributed by atoms with Gasteiger partial charge in [0.05, 0.1) is 29.0 Å². The van der Waals surface area contributed by atoms with E-state index in [1.165, 1.54) is 12.1 Å². The van der Waals surface area contributed by atoms with Crippen LogP contribution in [0.5, 0.6) is 5.75 Å². The molecule has 0 radical (unpaired) electrons. The van der Waals surface area contributed by atoms with Crippen LogP contribution in [0.2, 0.25) is 5.02 Å². The zero-order valence-electron chi connectivity index (χ0n) is 8.05. The first-order valence-corrected chi connectivity index (χ1v) is 4.67. The fourth-order valence-electron chi connectivity index (χ4n) is 0.965. The van der Waals surface area contributed by atoms with E-state index in [2.05, 4.69) is 0 Å². The molecule has 1 N–H and O–H groups in total. The van der Waals surface area contributed by atoms with Crippen LogP contribution in [0.15, 0.2) is 18.2 Å². The monoisotopic (exact) mass is 245 g/mol. The van der Waals surface area contributed by atoms with Crippen molar-refractivity contribution in [1.82, 2.24) is 0 Å². The minimum absolute atomic E-state index is 0.0871. The normalized spacial score (nSPS) is 9.81. The molecule has 0 aromatic heterocycles. The van der Waals surface area contributed by atoms with Gasteiger partial charge in [-0.3, -0.25) is 14.9 Å². The molecule has 6 nitrogen and oxygen atoms in total. The first-order valence-electron chi connectivity index (χ1n) is 4.29. The van der Waals surface area contributed by atoms with Crippen molar-refractivity contribution in [1.29, 1.82) is 0 Å². The second-order valence-corrected chi connectivity index (χ2v) is 3.27. The Morgan fingerprint density at radius 1 is 1.56 bits per heavy atom. The lowest BCUT2D eigenvalue weighted by Gasteiger charge is -2.05. The lowest BCUT2D eigenvalue weighted by Crippen LogP contribution is -2.05. The van der Waals surface area contributed by atoms with E-state index in [0.29, 0.717) is 0 Å². The van der Waals surface area contributed by atoms with E-state index in [1.54, 1.807) is 0 Å². The molecule has 0 fully saturated rings. The van der Waals surface area contributed by atoms with Gasteiger partial charge in [-0.25, -0.2) is 0 Å². The summed E-state index contributed by atoms with van der Waals surface area (Å²) in [6, 6.07) is 3.73. The van der Waals surface area contributed by atoms with E-state index in [1.807, 2.05) is 0 Å². The molecule has 0 bridgehead atoms. The van der Waals surface area contributed by atoms with Crippen molar-refractivity contribution in [3.63, 3.8) is 0 Å². The molecule has 1 aromatic rings. The van der Waals surface area contributed by atoms with Crippen molar-refractivity contribution in [3.05, 3.63) is 33.3 Å². The molecule has 7 heteroatoms. The van der Waals surface area contributed by atoms with Crippen LogP contribution >= 0.6 is 11.6 Å². The maximum atomic E-state index is 10.5. The van der Waals surface area contributed by atoms with E-state index < -0.39 is 10.9 Å². The number of benzene rings is 1. The van der Waals surface area contributed by atoms with Gasteiger partial charge in [-0.2, -0.15) is 0 Å².